The third-order valence-electron chi connectivity index (χ3n) is 5.17. The van der Waals surface area contributed by atoms with Gasteiger partial charge in [0.15, 0.2) is 0 Å². The lowest BCUT2D eigenvalue weighted by Crippen LogP contribution is -2.30. The molecule has 28 heavy (non-hydrogen) atoms. The maximum Gasteiger partial charge on any atom is 0.255 e. The molecular weight excluding hydrogens is 376 g/mol. The summed E-state index contributed by atoms with van der Waals surface area (Å²) in [6, 6.07) is 12.9. The van der Waals surface area contributed by atoms with Crippen molar-refractivity contribution in [3.05, 3.63) is 58.6 Å². The number of ether oxygens (including phenoxy) is 1. The second-order valence-corrected chi connectivity index (χ2v) is 7.29. The zero-order chi connectivity index (χ0) is 20.3. The van der Waals surface area contributed by atoms with Crippen molar-refractivity contribution in [3.8, 4) is 5.75 Å². The molecule has 1 aliphatic rings. The summed E-state index contributed by atoms with van der Waals surface area (Å²) in [5.41, 5.74) is 2.16. The molecule has 2 amide bonds. The Kier molecular flexibility index (Phi) is 6.25. The van der Waals surface area contributed by atoms with E-state index in [0.717, 1.165) is 17.7 Å². The van der Waals surface area contributed by atoms with Crippen molar-refractivity contribution in [3.63, 3.8) is 0 Å². The Balaban J connectivity index is 1.65. The molecule has 0 radical (unpaired) electrons. The number of carbonyl (C=O) groups excluding carboxylic acids is 2. The number of anilines is 1. The molecule has 1 saturated carbocycles. The lowest BCUT2D eigenvalue weighted by molar-refractivity contribution is -0.117. The molecule has 0 heterocycles. The molecule has 1 fully saturated rings. The fourth-order valence-electron chi connectivity index (χ4n) is 3.41. The van der Waals surface area contributed by atoms with Gasteiger partial charge in [0.1, 0.15) is 5.75 Å². The van der Waals surface area contributed by atoms with Gasteiger partial charge in [0.05, 0.1) is 17.7 Å². The van der Waals surface area contributed by atoms with Gasteiger partial charge in [-0.2, -0.15) is 0 Å². The molecular formula is C22H25ClN2O3. The number of carbonyl (C=O) groups is 2. The van der Waals surface area contributed by atoms with Crippen molar-refractivity contribution in [1.29, 1.82) is 0 Å². The van der Waals surface area contributed by atoms with Gasteiger partial charge in [0.2, 0.25) is 5.91 Å². The highest BCUT2D eigenvalue weighted by atomic mass is 35.5. The average molecular weight is 401 g/mol. The Hall–Kier alpha value is -2.53. The van der Waals surface area contributed by atoms with Crippen molar-refractivity contribution in [1.82, 2.24) is 4.90 Å². The van der Waals surface area contributed by atoms with Crippen molar-refractivity contribution in [2.45, 2.75) is 26.2 Å². The number of nitrogens with zero attached hydrogens (tertiary/aromatic N) is 1. The molecule has 3 rings (SSSR count). The summed E-state index contributed by atoms with van der Waals surface area (Å²) < 4.78 is 5.25. The van der Waals surface area contributed by atoms with Crippen LogP contribution in [0.25, 0.3) is 0 Å². The number of nitrogens with one attached hydrogen (secondary N) is 1. The summed E-state index contributed by atoms with van der Waals surface area (Å²) in [6.45, 7) is 5.10. The second-order valence-electron chi connectivity index (χ2n) is 6.89. The van der Waals surface area contributed by atoms with Crippen LogP contribution in [0.5, 0.6) is 5.75 Å². The molecule has 2 aromatic rings. The largest absolute Gasteiger partial charge is 0.497 e. The Morgan fingerprint density at radius 3 is 2.57 bits per heavy atom. The maximum absolute atomic E-state index is 12.6. The van der Waals surface area contributed by atoms with Gasteiger partial charge < -0.3 is 15.0 Å². The number of amides is 2. The molecule has 148 valence electrons. The number of halogens is 1. The third kappa shape index (κ3) is 4.30. The molecule has 5 nitrogen and oxygen atoms in total. The topological polar surface area (TPSA) is 58.6 Å². The predicted octanol–water partition coefficient (Wildman–Crippen LogP) is 4.57. The lowest BCUT2D eigenvalue weighted by atomic mass is 10.1. The van der Waals surface area contributed by atoms with E-state index in [-0.39, 0.29) is 23.7 Å². The van der Waals surface area contributed by atoms with E-state index in [4.69, 9.17) is 16.3 Å². The molecule has 0 saturated heterocycles. The summed E-state index contributed by atoms with van der Waals surface area (Å²) >= 11 is 6.31. The van der Waals surface area contributed by atoms with Gasteiger partial charge in [-0.15, -0.1) is 0 Å². The minimum absolute atomic E-state index is 0.0355. The second kappa shape index (κ2) is 8.65. The Morgan fingerprint density at radius 1 is 1.18 bits per heavy atom. The normalized spacial score (nSPS) is 17.7. The van der Waals surface area contributed by atoms with Crippen LogP contribution in [0.4, 0.5) is 5.69 Å². The smallest absolute Gasteiger partial charge is 0.255 e. The van der Waals surface area contributed by atoms with Crippen LogP contribution < -0.4 is 10.1 Å². The fraction of sp³-hybridized carbons (Fsp3) is 0.364. The van der Waals surface area contributed by atoms with Crippen LogP contribution in [0.15, 0.2) is 42.5 Å². The number of benzene rings is 2. The molecule has 2 atom stereocenters. The van der Waals surface area contributed by atoms with Crippen molar-refractivity contribution < 1.29 is 14.3 Å². The summed E-state index contributed by atoms with van der Waals surface area (Å²) in [4.78, 5) is 26.8. The van der Waals surface area contributed by atoms with Crippen molar-refractivity contribution in [2.75, 3.05) is 25.5 Å². The predicted molar refractivity (Wildman–Crippen MR) is 111 cm³/mol. The van der Waals surface area contributed by atoms with E-state index in [1.807, 2.05) is 38.1 Å². The van der Waals surface area contributed by atoms with Crippen molar-refractivity contribution in [2.24, 2.45) is 5.92 Å². The van der Waals surface area contributed by atoms with E-state index in [1.165, 1.54) is 0 Å². The minimum atomic E-state index is -0.104. The molecule has 1 aliphatic carbocycles. The van der Waals surface area contributed by atoms with Crippen LogP contribution in [0.1, 0.15) is 42.1 Å². The highest BCUT2D eigenvalue weighted by Crippen LogP contribution is 2.48. The number of hydrogen-bond acceptors (Lipinski definition) is 3. The van der Waals surface area contributed by atoms with E-state index >= 15 is 0 Å². The van der Waals surface area contributed by atoms with Gasteiger partial charge in [-0.25, -0.2) is 0 Å². The van der Waals surface area contributed by atoms with Crippen LogP contribution in [0.3, 0.4) is 0 Å². The molecule has 0 aliphatic heterocycles. The minimum Gasteiger partial charge on any atom is -0.497 e. The molecule has 6 heteroatoms. The summed E-state index contributed by atoms with van der Waals surface area (Å²) in [6.07, 6.45) is 0.811. The van der Waals surface area contributed by atoms with Gasteiger partial charge >= 0.3 is 0 Å². The zero-order valence-corrected chi connectivity index (χ0v) is 17.1. The first-order chi connectivity index (χ1) is 13.5. The van der Waals surface area contributed by atoms with Gasteiger partial charge in [-0.05, 0) is 62.1 Å². The number of hydrogen-bond donors (Lipinski definition) is 1. The van der Waals surface area contributed by atoms with E-state index in [2.05, 4.69) is 5.32 Å². The number of rotatable bonds is 7. The van der Waals surface area contributed by atoms with Gasteiger partial charge in [0, 0.05) is 24.7 Å². The summed E-state index contributed by atoms with van der Waals surface area (Å²) in [5, 5.41) is 3.26. The van der Waals surface area contributed by atoms with Gasteiger partial charge in [-0.1, -0.05) is 23.7 Å². The van der Waals surface area contributed by atoms with Crippen LogP contribution in [0, 0.1) is 5.92 Å². The van der Waals surface area contributed by atoms with E-state index in [0.29, 0.717) is 29.4 Å². The first-order valence-electron chi connectivity index (χ1n) is 9.52. The first-order valence-corrected chi connectivity index (χ1v) is 9.89. The monoisotopic (exact) mass is 400 g/mol. The summed E-state index contributed by atoms with van der Waals surface area (Å²) in [7, 11) is 1.63. The molecule has 1 N–H and O–H groups in total. The lowest BCUT2D eigenvalue weighted by Gasteiger charge is -2.19. The van der Waals surface area contributed by atoms with E-state index < -0.39 is 0 Å². The fourth-order valence-corrected chi connectivity index (χ4v) is 3.67. The molecule has 0 bridgehead atoms. The molecule has 2 unspecified atom stereocenters. The van der Waals surface area contributed by atoms with Gasteiger partial charge in [0.25, 0.3) is 5.91 Å². The number of methoxy groups -OCH3 is 1. The van der Waals surface area contributed by atoms with Crippen LogP contribution in [-0.2, 0) is 4.79 Å². The zero-order valence-electron chi connectivity index (χ0n) is 16.4. The Morgan fingerprint density at radius 2 is 1.93 bits per heavy atom. The Labute approximate surface area is 170 Å². The molecule has 0 spiro atoms. The highest BCUT2D eigenvalue weighted by molar-refractivity contribution is 6.34. The van der Waals surface area contributed by atoms with E-state index in [9.17, 15) is 9.59 Å². The molecule has 2 aromatic carbocycles. The standard InChI is InChI=1S/C22H25ClN2O3/c1-4-25(5-2)22(27)17-10-9-15(12-20(17)23)24-21(26)19-13-18(19)14-7-6-8-16(11-14)28-3/h6-12,18-19H,4-5,13H2,1-3H3,(H,24,26). The highest BCUT2D eigenvalue weighted by Gasteiger charge is 2.44. The maximum atomic E-state index is 12.6. The van der Waals surface area contributed by atoms with Crippen LogP contribution in [-0.4, -0.2) is 36.9 Å². The quantitative estimate of drug-likeness (QED) is 0.740. The molecule has 0 aromatic heterocycles. The van der Waals surface area contributed by atoms with E-state index in [1.54, 1.807) is 30.2 Å². The Bertz CT molecular complexity index is 880. The third-order valence-corrected chi connectivity index (χ3v) is 5.48. The van der Waals surface area contributed by atoms with Crippen LogP contribution >= 0.6 is 11.6 Å². The first kappa shape index (κ1) is 20.2. The van der Waals surface area contributed by atoms with Crippen LogP contribution in [0.2, 0.25) is 5.02 Å². The summed E-state index contributed by atoms with van der Waals surface area (Å²) in [5.74, 6) is 0.792. The van der Waals surface area contributed by atoms with Crippen molar-refractivity contribution >= 4 is 29.1 Å². The SMILES string of the molecule is CCN(CC)C(=O)c1ccc(NC(=O)C2CC2c2cccc(OC)c2)cc1Cl. The van der Waals surface area contributed by atoms with Gasteiger partial charge in [-0.3, -0.25) is 9.59 Å². The average Bonchev–Trinajstić information content (AvgIpc) is 3.50.